The molecule has 6 nitrogen and oxygen atoms in total. The van der Waals surface area contributed by atoms with Gasteiger partial charge in [-0.3, -0.25) is 9.59 Å². The molecule has 1 fully saturated rings. The lowest BCUT2D eigenvalue weighted by molar-refractivity contribution is -0.142. The van der Waals surface area contributed by atoms with Crippen LogP contribution in [0.1, 0.15) is 36.2 Å². The molecule has 0 bridgehead atoms. The average molecular weight is 314 g/mol. The van der Waals surface area contributed by atoms with Crippen LogP contribution in [0, 0.1) is 5.92 Å². The first kappa shape index (κ1) is 15.3. The highest BCUT2D eigenvalue weighted by Gasteiger charge is 2.27. The Morgan fingerprint density at radius 1 is 1.13 bits per heavy atom. The standard InChI is InChI=1S/C17H18N2O4/c20-16(18-13-8-6-12(7-9-13)17(21)22)15-10-14(19-23-15)11-4-2-1-3-5-11/h1-5,10,12-13H,6-9H2,(H,18,20)(H,21,22). The van der Waals surface area contributed by atoms with Crippen LogP contribution in [0.5, 0.6) is 0 Å². The Balaban J connectivity index is 1.59. The Hall–Kier alpha value is -2.63. The van der Waals surface area contributed by atoms with Crippen LogP contribution in [-0.4, -0.2) is 28.2 Å². The predicted octanol–water partition coefficient (Wildman–Crippen LogP) is 2.71. The molecule has 1 aromatic heterocycles. The average Bonchev–Trinajstić information content (AvgIpc) is 3.06. The summed E-state index contributed by atoms with van der Waals surface area (Å²) in [6, 6.07) is 11.1. The van der Waals surface area contributed by atoms with E-state index in [1.807, 2.05) is 30.3 Å². The van der Waals surface area contributed by atoms with Crippen LogP contribution >= 0.6 is 0 Å². The summed E-state index contributed by atoms with van der Waals surface area (Å²) in [5.74, 6) is -1.18. The first-order valence-corrected chi connectivity index (χ1v) is 7.69. The van der Waals surface area contributed by atoms with Crippen LogP contribution in [0.3, 0.4) is 0 Å². The molecular weight excluding hydrogens is 296 g/mol. The molecule has 1 heterocycles. The minimum Gasteiger partial charge on any atom is -0.481 e. The van der Waals surface area contributed by atoms with E-state index in [-0.39, 0.29) is 23.6 Å². The topological polar surface area (TPSA) is 92.4 Å². The summed E-state index contributed by atoms with van der Waals surface area (Å²) < 4.78 is 5.13. The zero-order valence-electron chi connectivity index (χ0n) is 12.6. The Morgan fingerprint density at radius 3 is 2.48 bits per heavy atom. The van der Waals surface area contributed by atoms with Gasteiger partial charge < -0.3 is 14.9 Å². The Bertz CT molecular complexity index is 688. The van der Waals surface area contributed by atoms with E-state index in [0.29, 0.717) is 31.4 Å². The molecule has 0 saturated heterocycles. The second kappa shape index (κ2) is 6.64. The molecule has 120 valence electrons. The number of rotatable bonds is 4. The maximum atomic E-state index is 12.2. The second-order valence-electron chi connectivity index (χ2n) is 5.80. The number of carbonyl (C=O) groups is 2. The molecule has 0 atom stereocenters. The van der Waals surface area contributed by atoms with Crippen molar-refractivity contribution < 1.29 is 19.2 Å². The number of aliphatic carboxylic acids is 1. The summed E-state index contributed by atoms with van der Waals surface area (Å²) >= 11 is 0. The third kappa shape index (κ3) is 3.59. The minimum absolute atomic E-state index is 0.0108. The quantitative estimate of drug-likeness (QED) is 0.905. The molecule has 1 amide bonds. The van der Waals surface area contributed by atoms with Gasteiger partial charge in [-0.2, -0.15) is 0 Å². The van der Waals surface area contributed by atoms with Gasteiger partial charge in [0.05, 0.1) is 5.92 Å². The van der Waals surface area contributed by atoms with E-state index >= 15 is 0 Å². The van der Waals surface area contributed by atoms with Gasteiger partial charge in [0, 0.05) is 17.7 Å². The van der Waals surface area contributed by atoms with Gasteiger partial charge in [-0.25, -0.2) is 0 Å². The number of aromatic nitrogens is 1. The van der Waals surface area contributed by atoms with Crippen LogP contribution in [0.2, 0.25) is 0 Å². The second-order valence-corrected chi connectivity index (χ2v) is 5.80. The zero-order valence-corrected chi connectivity index (χ0v) is 12.6. The third-order valence-corrected chi connectivity index (χ3v) is 4.22. The normalized spacial score (nSPS) is 20.9. The van der Waals surface area contributed by atoms with Gasteiger partial charge >= 0.3 is 5.97 Å². The molecule has 1 saturated carbocycles. The van der Waals surface area contributed by atoms with Crippen molar-refractivity contribution in [2.75, 3.05) is 0 Å². The number of nitrogens with zero attached hydrogens (tertiary/aromatic N) is 1. The molecule has 0 unspecified atom stereocenters. The number of carbonyl (C=O) groups excluding carboxylic acids is 1. The maximum absolute atomic E-state index is 12.2. The Kier molecular flexibility index (Phi) is 4.41. The SMILES string of the molecule is O=C(NC1CCC(C(=O)O)CC1)c1cc(-c2ccccc2)no1. The summed E-state index contributed by atoms with van der Waals surface area (Å²) in [7, 11) is 0. The molecule has 2 N–H and O–H groups in total. The van der Waals surface area contributed by atoms with Crippen molar-refractivity contribution in [2.24, 2.45) is 5.92 Å². The van der Waals surface area contributed by atoms with E-state index in [4.69, 9.17) is 9.63 Å². The molecule has 0 spiro atoms. The van der Waals surface area contributed by atoms with E-state index in [0.717, 1.165) is 5.56 Å². The van der Waals surface area contributed by atoms with Gasteiger partial charge in [-0.05, 0) is 25.7 Å². The largest absolute Gasteiger partial charge is 0.481 e. The maximum Gasteiger partial charge on any atom is 0.306 e. The van der Waals surface area contributed by atoms with E-state index < -0.39 is 5.97 Å². The number of benzene rings is 1. The molecular formula is C17H18N2O4. The van der Waals surface area contributed by atoms with Crippen molar-refractivity contribution >= 4 is 11.9 Å². The Morgan fingerprint density at radius 2 is 1.83 bits per heavy atom. The summed E-state index contributed by atoms with van der Waals surface area (Å²) in [4.78, 5) is 23.1. The molecule has 1 aliphatic rings. The smallest absolute Gasteiger partial charge is 0.306 e. The van der Waals surface area contributed by atoms with Crippen LogP contribution in [0.4, 0.5) is 0 Å². The molecule has 2 aromatic rings. The van der Waals surface area contributed by atoms with E-state index in [1.165, 1.54) is 0 Å². The lowest BCUT2D eigenvalue weighted by Crippen LogP contribution is -2.38. The fraction of sp³-hybridized carbons (Fsp3) is 0.353. The fourth-order valence-corrected chi connectivity index (χ4v) is 2.87. The number of amides is 1. The van der Waals surface area contributed by atoms with Crippen LogP contribution in [0.25, 0.3) is 11.3 Å². The van der Waals surface area contributed by atoms with E-state index in [1.54, 1.807) is 6.07 Å². The summed E-state index contributed by atoms with van der Waals surface area (Å²) in [6.45, 7) is 0. The fourth-order valence-electron chi connectivity index (χ4n) is 2.87. The lowest BCUT2D eigenvalue weighted by Gasteiger charge is -2.26. The van der Waals surface area contributed by atoms with Crippen LogP contribution in [-0.2, 0) is 4.79 Å². The molecule has 6 heteroatoms. The molecule has 1 aromatic carbocycles. The van der Waals surface area contributed by atoms with Crippen LogP contribution in [0.15, 0.2) is 40.9 Å². The van der Waals surface area contributed by atoms with Crippen molar-refractivity contribution in [1.29, 1.82) is 0 Å². The molecule has 0 aliphatic heterocycles. The van der Waals surface area contributed by atoms with Gasteiger partial charge in [-0.15, -0.1) is 0 Å². The van der Waals surface area contributed by atoms with Crippen LogP contribution < -0.4 is 5.32 Å². The lowest BCUT2D eigenvalue weighted by atomic mass is 9.86. The highest BCUT2D eigenvalue weighted by Crippen LogP contribution is 2.25. The van der Waals surface area contributed by atoms with E-state index in [2.05, 4.69) is 10.5 Å². The van der Waals surface area contributed by atoms with E-state index in [9.17, 15) is 9.59 Å². The van der Waals surface area contributed by atoms with Crippen molar-refractivity contribution in [2.45, 2.75) is 31.7 Å². The Labute approximate surface area is 133 Å². The number of carboxylic acids is 1. The highest BCUT2D eigenvalue weighted by molar-refractivity contribution is 5.92. The predicted molar refractivity (Wildman–Crippen MR) is 82.8 cm³/mol. The van der Waals surface area contributed by atoms with Gasteiger partial charge in [-0.1, -0.05) is 35.5 Å². The van der Waals surface area contributed by atoms with Crippen molar-refractivity contribution in [3.05, 3.63) is 42.2 Å². The zero-order chi connectivity index (χ0) is 16.2. The van der Waals surface area contributed by atoms with Gasteiger partial charge in [0.25, 0.3) is 5.91 Å². The van der Waals surface area contributed by atoms with Crippen molar-refractivity contribution in [1.82, 2.24) is 10.5 Å². The summed E-state index contributed by atoms with van der Waals surface area (Å²) in [5, 5.41) is 15.8. The monoisotopic (exact) mass is 314 g/mol. The van der Waals surface area contributed by atoms with Gasteiger partial charge in [0.2, 0.25) is 5.76 Å². The molecule has 0 radical (unpaired) electrons. The summed E-state index contributed by atoms with van der Waals surface area (Å²) in [5.41, 5.74) is 1.50. The van der Waals surface area contributed by atoms with Crippen molar-refractivity contribution in [3.8, 4) is 11.3 Å². The summed E-state index contributed by atoms with van der Waals surface area (Å²) in [6.07, 6.45) is 2.52. The first-order valence-electron chi connectivity index (χ1n) is 7.69. The number of carboxylic acid groups (broad SMARTS) is 1. The molecule has 3 rings (SSSR count). The van der Waals surface area contributed by atoms with Crippen molar-refractivity contribution in [3.63, 3.8) is 0 Å². The third-order valence-electron chi connectivity index (χ3n) is 4.22. The number of hydrogen-bond donors (Lipinski definition) is 2. The minimum atomic E-state index is -0.752. The van der Waals surface area contributed by atoms with Gasteiger partial charge in [0.15, 0.2) is 0 Å². The van der Waals surface area contributed by atoms with Gasteiger partial charge in [0.1, 0.15) is 5.69 Å². The molecule has 1 aliphatic carbocycles. The first-order chi connectivity index (χ1) is 11.1. The number of nitrogens with one attached hydrogen (secondary N) is 1. The molecule has 23 heavy (non-hydrogen) atoms. The number of hydrogen-bond acceptors (Lipinski definition) is 4. The highest BCUT2D eigenvalue weighted by atomic mass is 16.5.